The zero-order chi connectivity index (χ0) is 14.7. The maximum atomic E-state index is 5.14. The van der Waals surface area contributed by atoms with Crippen LogP contribution in [0.4, 0.5) is 23.8 Å². The molecule has 0 radical (unpaired) electrons. The first-order valence-corrected chi connectivity index (χ1v) is 6.14. The van der Waals surface area contributed by atoms with E-state index >= 15 is 0 Å². The Morgan fingerprint density at radius 2 is 1.30 bits per heavy atom. The number of nitrogens with zero attached hydrogens (tertiary/aromatic N) is 6. The molecule has 2 rings (SSSR count). The van der Waals surface area contributed by atoms with Crippen LogP contribution in [0.2, 0.25) is 0 Å². The van der Waals surface area contributed by atoms with E-state index in [9.17, 15) is 0 Å². The van der Waals surface area contributed by atoms with Gasteiger partial charge in [-0.05, 0) is 12.2 Å². The van der Waals surface area contributed by atoms with E-state index < -0.39 is 0 Å². The molecule has 10 nitrogen and oxygen atoms in total. The van der Waals surface area contributed by atoms with Gasteiger partial charge in [0.2, 0.25) is 23.8 Å². The second-order valence-electron chi connectivity index (χ2n) is 4.34. The summed E-state index contributed by atoms with van der Waals surface area (Å²) in [5.41, 5.74) is 0. The van der Waals surface area contributed by atoms with Gasteiger partial charge in [-0.1, -0.05) is 0 Å². The van der Waals surface area contributed by atoms with Gasteiger partial charge >= 0.3 is 0 Å². The van der Waals surface area contributed by atoms with Gasteiger partial charge in [0, 0.05) is 28.2 Å². The molecule has 2 heterocycles. The molecule has 0 aliphatic heterocycles. The molecule has 0 amide bonds. The fourth-order valence-corrected chi connectivity index (χ4v) is 1.46. The lowest BCUT2D eigenvalue weighted by molar-refractivity contribution is 0.999. The molecule has 0 bridgehead atoms. The number of thiocarbonyl (C=S) groups is 1. The lowest BCUT2D eigenvalue weighted by Crippen LogP contribution is -2.21. The fourth-order valence-electron chi connectivity index (χ4n) is 1.26. The molecule has 2 aromatic rings. The van der Waals surface area contributed by atoms with Crippen LogP contribution in [0.1, 0.15) is 0 Å². The molecule has 0 saturated heterocycles. The van der Waals surface area contributed by atoms with Crippen LogP contribution in [0.15, 0.2) is 0 Å². The van der Waals surface area contributed by atoms with Gasteiger partial charge in [-0.25, -0.2) is 10.2 Å². The molecule has 0 aromatic carbocycles. The summed E-state index contributed by atoms with van der Waals surface area (Å²) in [6.45, 7) is 0. The molecule has 0 aliphatic rings. The van der Waals surface area contributed by atoms with E-state index in [-0.39, 0.29) is 0 Å². The van der Waals surface area contributed by atoms with E-state index in [0.717, 1.165) is 0 Å². The minimum atomic E-state index is 0.327. The van der Waals surface area contributed by atoms with Crippen LogP contribution in [0.5, 0.6) is 0 Å². The number of H-pyrrole nitrogens is 2. The predicted octanol–water partition coefficient (Wildman–Crippen LogP) is -0.136. The summed E-state index contributed by atoms with van der Waals surface area (Å²) in [6.07, 6.45) is 0. The molecule has 0 atom stereocenters. The van der Waals surface area contributed by atoms with Crippen molar-refractivity contribution in [1.82, 2.24) is 30.4 Å². The normalized spacial score (nSPS) is 10.2. The van der Waals surface area contributed by atoms with Crippen LogP contribution in [0.3, 0.4) is 0 Å². The van der Waals surface area contributed by atoms with Crippen LogP contribution >= 0.6 is 12.2 Å². The van der Waals surface area contributed by atoms with Crippen molar-refractivity contribution in [3.8, 4) is 0 Å². The van der Waals surface area contributed by atoms with Crippen LogP contribution in [-0.4, -0.2) is 63.7 Å². The maximum Gasteiger partial charge on any atom is 0.245 e. The van der Waals surface area contributed by atoms with Gasteiger partial charge in [0.15, 0.2) is 5.11 Å². The Labute approximate surface area is 121 Å². The molecule has 108 valence electrons. The second kappa shape index (κ2) is 5.69. The number of hydrogen-bond acceptors (Lipinski definition) is 7. The van der Waals surface area contributed by atoms with Crippen molar-refractivity contribution in [2.75, 3.05) is 48.6 Å². The minimum absolute atomic E-state index is 0.327. The first kappa shape index (κ1) is 14.0. The van der Waals surface area contributed by atoms with Crippen molar-refractivity contribution in [2.24, 2.45) is 0 Å². The summed E-state index contributed by atoms with van der Waals surface area (Å²) >= 11 is 5.14. The molecule has 20 heavy (non-hydrogen) atoms. The number of aromatic amines is 2. The van der Waals surface area contributed by atoms with Crippen LogP contribution in [0.25, 0.3) is 0 Å². The van der Waals surface area contributed by atoms with Gasteiger partial charge in [-0.15, -0.1) is 10.2 Å². The highest BCUT2D eigenvalue weighted by Crippen LogP contribution is 2.08. The van der Waals surface area contributed by atoms with Crippen molar-refractivity contribution >= 4 is 41.1 Å². The first-order chi connectivity index (χ1) is 9.45. The Hall–Kier alpha value is -2.43. The Bertz CT molecular complexity index is 535. The van der Waals surface area contributed by atoms with E-state index in [1.807, 2.05) is 28.2 Å². The Morgan fingerprint density at radius 1 is 0.900 bits per heavy atom. The number of rotatable bonds is 4. The number of hydrogen-bond donors (Lipinski definition) is 4. The SMILES string of the molecule is CN(C)c1n[nH]c(NC(=S)Nc2nc(N(C)C)n[nH]2)n1. The van der Waals surface area contributed by atoms with E-state index in [1.54, 1.807) is 9.80 Å². The monoisotopic (exact) mass is 296 g/mol. The highest BCUT2D eigenvalue weighted by molar-refractivity contribution is 7.80. The van der Waals surface area contributed by atoms with Crippen LogP contribution in [0, 0.1) is 0 Å². The van der Waals surface area contributed by atoms with Crippen molar-refractivity contribution < 1.29 is 0 Å². The highest BCUT2D eigenvalue weighted by atomic mass is 32.1. The van der Waals surface area contributed by atoms with Crippen molar-refractivity contribution in [2.45, 2.75) is 0 Å². The summed E-state index contributed by atoms with van der Waals surface area (Å²) in [6, 6.07) is 0. The molecule has 0 fully saturated rings. The molecule has 0 aliphatic carbocycles. The van der Waals surface area contributed by atoms with Gasteiger partial charge in [-0.3, -0.25) is 0 Å². The standard InChI is InChI=1S/C9H16N10S/c1-18(2)7-10-5(14-16-7)12-9(20)13-6-11-8(17-15-6)19(3)4/h1-4H3,(H4,10,11,12,13,14,15,16,17,20). The molecule has 0 spiro atoms. The predicted molar refractivity (Wildman–Crippen MR) is 81.3 cm³/mol. The van der Waals surface area contributed by atoms with E-state index in [4.69, 9.17) is 12.2 Å². The number of anilines is 4. The molecule has 11 heteroatoms. The molecule has 2 aromatic heterocycles. The Kier molecular flexibility index (Phi) is 3.98. The second-order valence-corrected chi connectivity index (χ2v) is 4.74. The molecular weight excluding hydrogens is 280 g/mol. The van der Waals surface area contributed by atoms with Gasteiger partial charge in [0.25, 0.3) is 0 Å². The summed E-state index contributed by atoms with van der Waals surface area (Å²) in [5, 5.41) is 19.5. The largest absolute Gasteiger partial charge is 0.346 e. The quantitative estimate of drug-likeness (QED) is 0.572. The third-order valence-corrected chi connectivity index (χ3v) is 2.42. The average Bonchev–Trinajstić information content (AvgIpc) is 2.98. The third-order valence-electron chi connectivity index (χ3n) is 2.21. The molecule has 4 N–H and O–H groups in total. The summed E-state index contributed by atoms with van der Waals surface area (Å²) in [5.74, 6) is 2.01. The topological polar surface area (TPSA) is 114 Å². The van der Waals surface area contributed by atoms with Crippen molar-refractivity contribution in [3.05, 3.63) is 0 Å². The van der Waals surface area contributed by atoms with Crippen LogP contribution < -0.4 is 20.4 Å². The zero-order valence-electron chi connectivity index (χ0n) is 11.6. The molecular formula is C9H16N10S. The molecule has 0 saturated carbocycles. The van der Waals surface area contributed by atoms with E-state index in [0.29, 0.717) is 28.9 Å². The van der Waals surface area contributed by atoms with Gasteiger partial charge in [-0.2, -0.15) is 9.97 Å². The van der Waals surface area contributed by atoms with Gasteiger partial charge < -0.3 is 20.4 Å². The fraction of sp³-hybridized carbons (Fsp3) is 0.444. The van der Waals surface area contributed by atoms with Gasteiger partial charge in [0.05, 0.1) is 0 Å². The summed E-state index contributed by atoms with van der Waals surface area (Å²) in [7, 11) is 7.39. The Balaban J connectivity index is 1.94. The summed E-state index contributed by atoms with van der Waals surface area (Å²) < 4.78 is 0. The van der Waals surface area contributed by atoms with E-state index in [1.165, 1.54) is 0 Å². The lowest BCUT2D eigenvalue weighted by atomic mass is 10.8. The number of nitrogens with one attached hydrogen (secondary N) is 4. The zero-order valence-corrected chi connectivity index (χ0v) is 12.4. The smallest absolute Gasteiger partial charge is 0.245 e. The van der Waals surface area contributed by atoms with Crippen LogP contribution in [-0.2, 0) is 0 Å². The average molecular weight is 296 g/mol. The van der Waals surface area contributed by atoms with E-state index in [2.05, 4.69) is 41.0 Å². The van der Waals surface area contributed by atoms with Crippen molar-refractivity contribution in [3.63, 3.8) is 0 Å². The maximum absolute atomic E-state index is 5.14. The first-order valence-electron chi connectivity index (χ1n) is 5.73. The van der Waals surface area contributed by atoms with Gasteiger partial charge in [0.1, 0.15) is 0 Å². The highest BCUT2D eigenvalue weighted by Gasteiger charge is 2.09. The minimum Gasteiger partial charge on any atom is -0.346 e. The number of aromatic nitrogens is 6. The lowest BCUT2D eigenvalue weighted by Gasteiger charge is -2.06. The summed E-state index contributed by atoms with van der Waals surface area (Å²) in [4.78, 5) is 11.9. The van der Waals surface area contributed by atoms with Crippen molar-refractivity contribution in [1.29, 1.82) is 0 Å². The molecule has 0 unspecified atom stereocenters. The Morgan fingerprint density at radius 3 is 1.60 bits per heavy atom. The third kappa shape index (κ3) is 3.32.